The summed E-state index contributed by atoms with van der Waals surface area (Å²) in [7, 11) is 0. The third-order valence-corrected chi connectivity index (χ3v) is 2.85. The fourth-order valence-electron chi connectivity index (χ4n) is 1.66. The maximum atomic E-state index is 12.1. The monoisotopic (exact) mass is 294 g/mol. The molecule has 0 unspecified atom stereocenters. The van der Waals surface area contributed by atoms with E-state index in [4.69, 9.17) is 20.9 Å². The molecule has 0 saturated carbocycles. The lowest BCUT2D eigenvalue weighted by Crippen LogP contribution is -2.32. The first-order valence-corrected chi connectivity index (χ1v) is 6.62. The molecule has 20 heavy (non-hydrogen) atoms. The van der Waals surface area contributed by atoms with Gasteiger partial charge in [-0.1, -0.05) is 29.7 Å². The van der Waals surface area contributed by atoms with Crippen molar-refractivity contribution in [3.63, 3.8) is 0 Å². The summed E-state index contributed by atoms with van der Waals surface area (Å²) >= 11 is 5.88. The number of nitrogens with zero attached hydrogens (tertiary/aromatic N) is 1. The smallest absolute Gasteiger partial charge is 0.266 e. The molecule has 0 bridgehead atoms. The fourth-order valence-corrected chi connectivity index (χ4v) is 1.84. The van der Waals surface area contributed by atoms with Crippen molar-refractivity contribution in [2.45, 2.75) is 26.4 Å². The second-order valence-corrected chi connectivity index (χ2v) is 4.72. The summed E-state index contributed by atoms with van der Waals surface area (Å²) in [6.07, 6.45) is -0.0969. The van der Waals surface area contributed by atoms with E-state index in [9.17, 15) is 4.79 Å². The highest BCUT2D eigenvalue weighted by Gasteiger charge is 2.19. The van der Waals surface area contributed by atoms with Crippen molar-refractivity contribution in [3.8, 4) is 5.75 Å². The minimum absolute atomic E-state index is 0.277. The van der Waals surface area contributed by atoms with Gasteiger partial charge >= 0.3 is 0 Å². The minimum atomic E-state index is -0.620. The molecule has 0 saturated heterocycles. The number of rotatable bonds is 5. The summed E-state index contributed by atoms with van der Waals surface area (Å²) in [5.74, 6) is 1.28. The fraction of sp³-hybridized carbons (Fsp3) is 0.286. The van der Waals surface area contributed by atoms with Crippen molar-refractivity contribution in [2.75, 3.05) is 5.32 Å². The molecule has 2 aromatic rings. The molecule has 0 radical (unpaired) electrons. The van der Waals surface area contributed by atoms with Crippen LogP contribution in [0.5, 0.6) is 5.75 Å². The van der Waals surface area contributed by atoms with Gasteiger partial charge in [-0.15, -0.1) is 0 Å². The normalized spacial score (nSPS) is 11.9. The van der Waals surface area contributed by atoms with Gasteiger partial charge in [-0.2, -0.15) is 0 Å². The molecule has 106 valence electrons. The molecule has 1 heterocycles. The highest BCUT2D eigenvalue weighted by molar-refractivity contribution is 6.30. The highest BCUT2D eigenvalue weighted by Crippen LogP contribution is 2.19. The highest BCUT2D eigenvalue weighted by atomic mass is 35.5. The van der Waals surface area contributed by atoms with Crippen molar-refractivity contribution in [3.05, 3.63) is 41.1 Å². The molecule has 0 aliphatic heterocycles. The Hall–Kier alpha value is -2.01. The number of aromatic nitrogens is 1. The van der Waals surface area contributed by atoms with Crippen molar-refractivity contribution in [2.24, 2.45) is 0 Å². The number of carbonyl (C=O) groups excluding carboxylic acids is 1. The molecule has 1 amide bonds. The summed E-state index contributed by atoms with van der Waals surface area (Å²) in [6.45, 7) is 3.62. The first kappa shape index (κ1) is 14.4. The number of ether oxygens (including phenoxy) is 1. The van der Waals surface area contributed by atoms with Crippen LogP contribution in [0.4, 0.5) is 5.82 Å². The van der Waals surface area contributed by atoms with Crippen LogP contribution in [0.3, 0.4) is 0 Å². The van der Waals surface area contributed by atoms with Crippen LogP contribution in [0.15, 0.2) is 34.9 Å². The number of amides is 1. The molecule has 1 aromatic carbocycles. The molecular formula is C14H15ClN2O3. The predicted molar refractivity (Wildman–Crippen MR) is 76.0 cm³/mol. The zero-order valence-electron chi connectivity index (χ0n) is 11.2. The summed E-state index contributed by atoms with van der Waals surface area (Å²) in [6, 6.07) is 8.57. The van der Waals surface area contributed by atoms with Gasteiger partial charge in [0.1, 0.15) is 11.5 Å². The Morgan fingerprint density at radius 3 is 2.90 bits per heavy atom. The number of benzene rings is 1. The Morgan fingerprint density at radius 1 is 1.50 bits per heavy atom. The average Bonchev–Trinajstić information content (AvgIpc) is 2.81. The molecule has 0 aliphatic rings. The van der Waals surface area contributed by atoms with Crippen molar-refractivity contribution in [1.29, 1.82) is 0 Å². The van der Waals surface area contributed by atoms with E-state index < -0.39 is 6.10 Å². The Morgan fingerprint density at radius 2 is 2.30 bits per heavy atom. The van der Waals surface area contributed by atoms with Crippen LogP contribution in [0.2, 0.25) is 5.02 Å². The van der Waals surface area contributed by atoms with Crippen molar-refractivity contribution >= 4 is 23.3 Å². The predicted octanol–water partition coefficient (Wildman–Crippen LogP) is 3.43. The second kappa shape index (κ2) is 6.43. The van der Waals surface area contributed by atoms with E-state index >= 15 is 0 Å². The lowest BCUT2D eigenvalue weighted by molar-refractivity contribution is -0.122. The van der Waals surface area contributed by atoms with E-state index in [-0.39, 0.29) is 5.91 Å². The van der Waals surface area contributed by atoms with Gasteiger partial charge in [0, 0.05) is 11.1 Å². The summed E-state index contributed by atoms with van der Waals surface area (Å²) in [5.41, 5.74) is 0. The van der Waals surface area contributed by atoms with Gasteiger partial charge in [-0.25, -0.2) is 0 Å². The molecule has 0 aliphatic carbocycles. The Kier molecular flexibility index (Phi) is 4.63. The number of hydrogen-bond donors (Lipinski definition) is 1. The SMILES string of the molecule is CC[C@@H](Oc1cccc(Cl)c1)C(=O)Nc1cc(C)on1. The maximum Gasteiger partial charge on any atom is 0.266 e. The number of carbonyl (C=O) groups is 1. The number of halogens is 1. The summed E-state index contributed by atoms with van der Waals surface area (Å²) in [5, 5.41) is 6.92. The molecular weight excluding hydrogens is 280 g/mol. The van der Waals surface area contributed by atoms with Gasteiger partial charge in [0.15, 0.2) is 11.9 Å². The first-order valence-electron chi connectivity index (χ1n) is 6.25. The van der Waals surface area contributed by atoms with Crippen LogP contribution in [-0.2, 0) is 4.79 Å². The molecule has 1 N–H and O–H groups in total. The van der Waals surface area contributed by atoms with Gasteiger partial charge in [-0.3, -0.25) is 4.79 Å². The largest absolute Gasteiger partial charge is 0.481 e. The number of anilines is 1. The topological polar surface area (TPSA) is 64.4 Å². The van der Waals surface area contributed by atoms with E-state index in [1.165, 1.54) is 0 Å². The maximum absolute atomic E-state index is 12.1. The van der Waals surface area contributed by atoms with Crippen LogP contribution in [0, 0.1) is 6.92 Å². The van der Waals surface area contributed by atoms with Crippen LogP contribution < -0.4 is 10.1 Å². The van der Waals surface area contributed by atoms with Crippen molar-refractivity contribution in [1.82, 2.24) is 5.16 Å². The van der Waals surface area contributed by atoms with E-state index in [1.807, 2.05) is 6.92 Å². The van der Waals surface area contributed by atoms with Gasteiger partial charge in [0.2, 0.25) is 0 Å². The lowest BCUT2D eigenvalue weighted by Gasteiger charge is -2.16. The van der Waals surface area contributed by atoms with E-state index in [0.717, 1.165) is 0 Å². The zero-order valence-corrected chi connectivity index (χ0v) is 12.0. The quantitative estimate of drug-likeness (QED) is 0.917. The van der Waals surface area contributed by atoms with E-state index in [0.29, 0.717) is 28.8 Å². The molecule has 2 rings (SSSR count). The zero-order chi connectivity index (χ0) is 14.5. The third kappa shape index (κ3) is 3.74. The molecule has 6 heteroatoms. The van der Waals surface area contributed by atoms with Gasteiger partial charge in [0.25, 0.3) is 5.91 Å². The minimum Gasteiger partial charge on any atom is -0.481 e. The summed E-state index contributed by atoms with van der Waals surface area (Å²) in [4.78, 5) is 12.1. The van der Waals surface area contributed by atoms with Crippen LogP contribution in [0.1, 0.15) is 19.1 Å². The molecule has 0 fully saturated rings. The third-order valence-electron chi connectivity index (χ3n) is 2.62. The Bertz CT molecular complexity index is 598. The average molecular weight is 295 g/mol. The van der Waals surface area contributed by atoms with E-state index in [2.05, 4.69) is 10.5 Å². The molecule has 0 spiro atoms. The number of nitrogens with one attached hydrogen (secondary N) is 1. The standard InChI is InChI=1S/C14H15ClN2O3/c1-3-12(19-11-6-4-5-10(15)8-11)14(18)16-13-7-9(2)20-17-13/h4-8,12H,3H2,1-2H3,(H,16,17,18)/t12-/m1/s1. The van der Waals surface area contributed by atoms with Crippen LogP contribution in [0.25, 0.3) is 0 Å². The van der Waals surface area contributed by atoms with Gasteiger partial charge in [-0.05, 0) is 31.5 Å². The lowest BCUT2D eigenvalue weighted by atomic mass is 10.2. The molecule has 5 nitrogen and oxygen atoms in total. The number of aryl methyl sites for hydroxylation is 1. The van der Waals surface area contributed by atoms with Gasteiger partial charge < -0.3 is 14.6 Å². The van der Waals surface area contributed by atoms with E-state index in [1.54, 1.807) is 37.3 Å². The van der Waals surface area contributed by atoms with Crippen molar-refractivity contribution < 1.29 is 14.1 Å². The Labute approximate surface area is 121 Å². The number of hydrogen-bond acceptors (Lipinski definition) is 4. The molecule has 1 atom stereocenters. The Balaban J connectivity index is 2.02. The van der Waals surface area contributed by atoms with Crippen LogP contribution in [-0.4, -0.2) is 17.2 Å². The van der Waals surface area contributed by atoms with Gasteiger partial charge in [0.05, 0.1) is 0 Å². The summed E-state index contributed by atoms with van der Waals surface area (Å²) < 4.78 is 10.5. The second-order valence-electron chi connectivity index (χ2n) is 4.28. The van der Waals surface area contributed by atoms with Crippen LogP contribution >= 0.6 is 11.6 Å². The first-order chi connectivity index (χ1) is 9.58. The molecule has 1 aromatic heterocycles.